The van der Waals surface area contributed by atoms with Crippen LogP contribution < -0.4 is 10.6 Å². The zero-order valence-corrected chi connectivity index (χ0v) is 17.9. The first-order chi connectivity index (χ1) is 15.0. The first kappa shape index (κ1) is 23.6. The SMILES string of the molecule is CNC(=O)C(CCC(=O)N1Cc2cc(Cl)c(C(F)(F)F)cc2C1)(NC=O)c1cc(C)on1. The predicted octanol–water partition coefficient (Wildman–Crippen LogP) is 2.67. The summed E-state index contributed by atoms with van der Waals surface area (Å²) in [6, 6.07) is 3.64. The van der Waals surface area contributed by atoms with Crippen LogP contribution in [0, 0.1) is 6.92 Å². The van der Waals surface area contributed by atoms with Gasteiger partial charge in [-0.1, -0.05) is 16.8 Å². The van der Waals surface area contributed by atoms with Crippen molar-refractivity contribution in [2.45, 2.75) is 44.6 Å². The van der Waals surface area contributed by atoms with Gasteiger partial charge in [0, 0.05) is 32.6 Å². The third kappa shape index (κ3) is 4.43. The maximum absolute atomic E-state index is 13.1. The molecule has 0 saturated heterocycles. The quantitative estimate of drug-likeness (QED) is 0.603. The van der Waals surface area contributed by atoms with E-state index in [1.807, 2.05) is 0 Å². The van der Waals surface area contributed by atoms with Gasteiger partial charge in [-0.15, -0.1) is 0 Å². The number of nitrogens with one attached hydrogen (secondary N) is 2. The third-order valence-corrected chi connectivity index (χ3v) is 5.68. The Morgan fingerprint density at radius 2 is 1.91 bits per heavy atom. The number of carbonyl (C=O) groups is 3. The molecule has 0 bridgehead atoms. The van der Waals surface area contributed by atoms with Gasteiger partial charge in [-0.05, 0) is 36.6 Å². The van der Waals surface area contributed by atoms with Gasteiger partial charge in [0.05, 0.1) is 10.6 Å². The van der Waals surface area contributed by atoms with E-state index < -0.39 is 34.1 Å². The molecule has 1 atom stereocenters. The van der Waals surface area contributed by atoms with Crippen LogP contribution >= 0.6 is 11.6 Å². The summed E-state index contributed by atoms with van der Waals surface area (Å²) in [5.41, 5.74) is -1.61. The second kappa shape index (κ2) is 8.81. The van der Waals surface area contributed by atoms with Crippen LogP contribution in [0.25, 0.3) is 0 Å². The molecule has 1 aliphatic heterocycles. The van der Waals surface area contributed by atoms with Crippen molar-refractivity contribution >= 4 is 29.8 Å². The van der Waals surface area contributed by atoms with E-state index in [2.05, 4.69) is 15.8 Å². The number of fused-ring (bicyclic) bond motifs is 1. The van der Waals surface area contributed by atoms with Crippen LogP contribution in [0.4, 0.5) is 13.2 Å². The van der Waals surface area contributed by atoms with Crippen molar-refractivity contribution < 1.29 is 32.1 Å². The lowest BCUT2D eigenvalue weighted by Crippen LogP contribution is -2.54. The summed E-state index contributed by atoms with van der Waals surface area (Å²) in [5, 5.41) is 8.28. The highest BCUT2D eigenvalue weighted by atomic mass is 35.5. The van der Waals surface area contributed by atoms with Crippen LogP contribution in [0.3, 0.4) is 0 Å². The lowest BCUT2D eigenvalue weighted by atomic mass is 9.88. The van der Waals surface area contributed by atoms with E-state index in [1.165, 1.54) is 24.1 Å². The Hall–Kier alpha value is -3.08. The normalized spacial score (nSPS) is 15.1. The van der Waals surface area contributed by atoms with Crippen molar-refractivity contribution in [2.24, 2.45) is 0 Å². The summed E-state index contributed by atoms with van der Waals surface area (Å²) < 4.78 is 44.4. The fourth-order valence-electron chi connectivity index (χ4n) is 3.72. The minimum atomic E-state index is -4.60. The number of nitrogens with zero attached hydrogens (tertiary/aromatic N) is 2. The summed E-state index contributed by atoms with van der Waals surface area (Å²) >= 11 is 5.77. The number of benzene rings is 1. The van der Waals surface area contributed by atoms with Crippen LogP contribution in [-0.4, -0.2) is 35.3 Å². The van der Waals surface area contributed by atoms with Crippen molar-refractivity contribution in [1.82, 2.24) is 20.7 Å². The molecule has 8 nitrogen and oxygen atoms in total. The molecule has 1 aromatic carbocycles. The Labute approximate surface area is 186 Å². The molecule has 0 saturated carbocycles. The zero-order valence-electron chi connectivity index (χ0n) is 17.2. The first-order valence-corrected chi connectivity index (χ1v) is 9.93. The number of hydrogen-bond donors (Lipinski definition) is 2. The minimum absolute atomic E-state index is 0.0223. The van der Waals surface area contributed by atoms with Crippen molar-refractivity contribution in [2.75, 3.05) is 7.05 Å². The highest BCUT2D eigenvalue weighted by Crippen LogP contribution is 2.38. The minimum Gasteiger partial charge on any atom is -0.361 e. The third-order valence-electron chi connectivity index (χ3n) is 5.37. The largest absolute Gasteiger partial charge is 0.417 e. The maximum Gasteiger partial charge on any atom is 0.417 e. The molecule has 32 heavy (non-hydrogen) atoms. The number of rotatable bonds is 7. The number of likely N-dealkylation sites (N-methyl/N-ethyl adjacent to an activating group) is 1. The molecule has 0 aliphatic carbocycles. The summed E-state index contributed by atoms with van der Waals surface area (Å²) in [6.45, 7) is 1.67. The molecule has 2 N–H and O–H groups in total. The Bertz CT molecular complexity index is 1060. The monoisotopic (exact) mass is 472 g/mol. The summed E-state index contributed by atoms with van der Waals surface area (Å²) in [5.74, 6) is -0.608. The Balaban J connectivity index is 1.79. The van der Waals surface area contributed by atoms with Gasteiger partial charge in [0.2, 0.25) is 12.3 Å². The van der Waals surface area contributed by atoms with Gasteiger partial charge in [-0.25, -0.2) is 0 Å². The van der Waals surface area contributed by atoms with E-state index in [4.69, 9.17) is 16.1 Å². The maximum atomic E-state index is 13.1. The highest BCUT2D eigenvalue weighted by molar-refractivity contribution is 6.31. The number of halogens is 4. The summed E-state index contributed by atoms with van der Waals surface area (Å²) in [7, 11) is 1.37. The molecule has 2 heterocycles. The molecular formula is C20H20ClF3N4O4. The van der Waals surface area contributed by atoms with Gasteiger partial charge in [0.25, 0.3) is 5.91 Å². The highest BCUT2D eigenvalue weighted by Gasteiger charge is 2.43. The van der Waals surface area contributed by atoms with Gasteiger partial charge in [-0.3, -0.25) is 14.4 Å². The van der Waals surface area contributed by atoms with Gasteiger partial charge in [0.1, 0.15) is 11.5 Å². The molecule has 1 unspecified atom stereocenters. The Morgan fingerprint density at radius 3 is 2.44 bits per heavy atom. The van der Waals surface area contributed by atoms with Gasteiger partial charge >= 0.3 is 6.18 Å². The number of carbonyl (C=O) groups excluding carboxylic acids is 3. The molecule has 1 aliphatic rings. The standard InChI is InChI=1S/C20H20ClF3N4O4/c1-11-5-16(27-32-11)19(26-10-29,18(31)25-2)4-3-17(30)28-8-12-6-14(20(22,23)24)15(21)7-13(12)9-28/h5-7,10H,3-4,8-9H2,1-2H3,(H,25,31)(H,26,29). The van der Waals surface area contributed by atoms with E-state index in [1.54, 1.807) is 6.92 Å². The number of amides is 3. The van der Waals surface area contributed by atoms with Crippen LogP contribution in [0.2, 0.25) is 5.02 Å². The molecule has 0 spiro atoms. The molecule has 2 aromatic rings. The average molecular weight is 473 g/mol. The van der Waals surface area contributed by atoms with Crippen LogP contribution in [0.15, 0.2) is 22.7 Å². The van der Waals surface area contributed by atoms with E-state index in [0.717, 1.165) is 6.07 Å². The molecule has 0 fully saturated rings. The lowest BCUT2D eigenvalue weighted by Gasteiger charge is -2.29. The first-order valence-electron chi connectivity index (χ1n) is 9.55. The van der Waals surface area contributed by atoms with Crippen molar-refractivity contribution in [3.63, 3.8) is 0 Å². The van der Waals surface area contributed by atoms with Crippen molar-refractivity contribution in [1.29, 1.82) is 0 Å². The van der Waals surface area contributed by atoms with Crippen LogP contribution in [0.5, 0.6) is 0 Å². The van der Waals surface area contributed by atoms with Crippen LogP contribution in [-0.2, 0) is 39.2 Å². The topological polar surface area (TPSA) is 105 Å². The molecule has 0 radical (unpaired) electrons. The second-order valence-electron chi connectivity index (χ2n) is 7.42. The average Bonchev–Trinajstić information content (AvgIpc) is 3.35. The van der Waals surface area contributed by atoms with E-state index in [9.17, 15) is 27.6 Å². The van der Waals surface area contributed by atoms with Crippen molar-refractivity contribution in [3.8, 4) is 0 Å². The zero-order chi connectivity index (χ0) is 23.7. The lowest BCUT2D eigenvalue weighted by molar-refractivity contribution is -0.137. The van der Waals surface area contributed by atoms with E-state index in [0.29, 0.717) is 23.3 Å². The predicted molar refractivity (Wildman–Crippen MR) is 106 cm³/mol. The number of aryl methyl sites for hydroxylation is 1. The number of aromatic nitrogens is 1. The molecule has 1 aromatic heterocycles. The number of alkyl halides is 3. The molecule has 12 heteroatoms. The van der Waals surface area contributed by atoms with Crippen molar-refractivity contribution in [3.05, 3.63) is 51.4 Å². The summed E-state index contributed by atoms with van der Waals surface area (Å²) in [4.78, 5) is 38.1. The second-order valence-corrected chi connectivity index (χ2v) is 7.82. The van der Waals surface area contributed by atoms with Crippen LogP contribution in [0.1, 0.15) is 41.0 Å². The smallest absolute Gasteiger partial charge is 0.361 e. The molecule has 172 valence electrons. The molecule has 3 rings (SSSR count). The fraction of sp³-hybridized carbons (Fsp3) is 0.400. The molecule has 3 amide bonds. The van der Waals surface area contributed by atoms with Gasteiger partial charge in [0.15, 0.2) is 5.54 Å². The summed E-state index contributed by atoms with van der Waals surface area (Å²) in [6.07, 6.45) is -4.60. The van der Waals surface area contributed by atoms with Gasteiger partial charge < -0.3 is 20.1 Å². The number of hydrogen-bond acceptors (Lipinski definition) is 5. The molecular weight excluding hydrogens is 453 g/mol. The van der Waals surface area contributed by atoms with E-state index in [-0.39, 0.29) is 31.6 Å². The Morgan fingerprint density at radius 1 is 1.25 bits per heavy atom. The fourth-order valence-corrected chi connectivity index (χ4v) is 4.01. The Kier molecular flexibility index (Phi) is 6.49. The van der Waals surface area contributed by atoms with E-state index >= 15 is 0 Å². The van der Waals surface area contributed by atoms with Gasteiger partial charge in [-0.2, -0.15) is 13.2 Å².